The van der Waals surface area contributed by atoms with Crippen LogP contribution in [0, 0.1) is 0 Å². The maximum absolute atomic E-state index is 11.9. The number of hydrogen-bond acceptors (Lipinski definition) is 3. The topological polar surface area (TPSA) is 35.5 Å². The van der Waals surface area contributed by atoms with Crippen LogP contribution in [-0.2, 0) is 22.7 Å². The van der Waals surface area contributed by atoms with Crippen LogP contribution in [0.2, 0.25) is 5.02 Å². The minimum atomic E-state index is -0.390. The van der Waals surface area contributed by atoms with E-state index in [0.29, 0.717) is 11.6 Å². The van der Waals surface area contributed by atoms with Gasteiger partial charge in [0.05, 0.1) is 0 Å². The van der Waals surface area contributed by atoms with Crippen LogP contribution in [-0.4, -0.2) is 5.97 Å². The van der Waals surface area contributed by atoms with Crippen LogP contribution < -0.4 is 4.74 Å². The molecule has 0 N–H and O–H groups in total. The van der Waals surface area contributed by atoms with Gasteiger partial charge in [0.2, 0.25) is 0 Å². The molecule has 0 fully saturated rings. The van der Waals surface area contributed by atoms with E-state index in [1.807, 2.05) is 72.8 Å². The summed E-state index contributed by atoms with van der Waals surface area (Å²) in [6.07, 6.45) is 3.12. The molecule has 28 heavy (non-hydrogen) atoms. The molecule has 5 heteroatoms. The molecule has 0 spiro atoms. The molecule has 0 aliphatic carbocycles. The molecule has 0 atom stereocenters. The first-order chi connectivity index (χ1) is 13.6. The van der Waals surface area contributed by atoms with Crippen molar-refractivity contribution in [1.82, 2.24) is 0 Å². The number of benzene rings is 3. The first kappa shape index (κ1) is 20.2. The van der Waals surface area contributed by atoms with Gasteiger partial charge in [-0.1, -0.05) is 70.0 Å². The van der Waals surface area contributed by atoms with Crippen LogP contribution in [0.4, 0.5) is 0 Å². The first-order valence-corrected chi connectivity index (χ1v) is 9.83. The van der Waals surface area contributed by atoms with Crippen molar-refractivity contribution < 1.29 is 14.3 Å². The highest BCUT2D eigenvalue weighted by Crippen LogP contribution is 2.19. The Morgan fingerprint density at radius 3 is 2.50 bits per heavy atom. The van der Waals surface area contributed by atoms with Gasteiger partial charge in [0.15, 0.2) is 0 Å². The molecule has 0 aliphatic rings. The Hall–Kier alpha value is -2.56. The summed E-state index contributed by atoms with van der Waals surface area (Å²) in [7, 11) is 0. The maximum Gasteiger partial charge on any atom is 0.331 e. The lowest BCUT2D eigenvalue weighted by molar-refractivity contribution is -0.138. The second kappa shape index (κ2) is 10.1. The predicted octanol–water partition coefficient (Wildman–Crippen LogP) is 6.44. The standard InChI is InChI=1S/C23H18BrClO3/c24-20-6-3-4-18(14-20)15-28-23(26)13-10-17-8-11-21(12-9-17)27-16-19-5-1-2-7-22(19)25/h1-14H,15-16H2/b13-10+. The molecular weight excluding hydrogens is 440 g/mol. The molecule has 0 aliphatic heterocycles. The van der Waals surface area contributed by atoms with Crippen molar-refractivity contribution in [3.8, 4) is 5.75 Å². The molecule has 0 radical (unpaired) electrons. The van der Waals surface area contributed by atoms with Gasteiger partial charge in [0, 0.05) is 21.1 Å². The minimum Gasteiger partial charge on any atom is -0.489 e. The van der Waals surface area contributed by atoms with Crippen molar-refractivity contribution in [3.63, 3.8) is 0 Å². The fraction of sp³-hybridized carbons (Fsp3) is 0.0870. The van der Waals surface area contributed by atoms with E-state index in [1.54, 1.807) is 6.08 Å². The van der Waals surface area contributed by atoms with Gasteiger partial charge in [-0.05, 0) is 47.5 Å². The molecule has 0 heterocycles. The van der Waals surface area contributed by atoms with E-state index < -0.39 is 0 Å². The zero-order valence-corrected chi connectivity index (χ0v) is 17.3. The lowest BCUT2D eigenvalue weighted by Gasteiger charge is -2.08. The summed E-state index contributed by atoms with van der Waals surface area (Å²) in [5.74, 6) is 0.341. The molecule has 0 bridgehead atoms. The smallest absolute Gasteiger partial charge is 0.331 e. The van der Waals surface area contributed by atoms with Gasteiger partial charge >= 0.3 is 5.97 Å². The zero-order chi connectivity index (χ0) is 19.8. The third-order valence-electron chi connectivity index (χ3n) is 3.91. The molecule has 3 nitrogen and oxygen atoms in total. The molecule has 0 unspecified atom stereocenters. The SMILES string of the molecule is O=C(/C=C/c1ccc(OCc2ccccc2Cl)cc1)OCc1cccc(Br)c1. The Morgan fingerprint density at radius 1 is 0.964 bits per heavy atom. The van der Waals surface area contributed by atoms with Crippen molar-refractivity contribution >= 4 is 39.6 Å². The molecule has 0 saturated carbocycles. The van der Waals surface area contributed by atoms with Crippen LogP contribution in [0.3, 0.4) is 0 Å². The van der Waals surface area contributed by atoms with Crippen LogP contribution in [0.5, 0.6) is 5.75 Å². The quantitative estimate of drug-likeness (QED) is 0.302. The van der Waals surface area contributed by atoms with E-state index in [2.05, 4.69) is 15.9 Å². The molecular formula is C23H18BrClO3. The van der Waals surface area contributed by atoms with Crippen LogP contribution in [0.25, 0.3) is 6.08 Å². The Bertz CT molecular complexity index is 968. The minimum absolute atomic E-state index is 0.234. The summed E-state index contributed by atoms with van der Waals surface area (Å²) >= 11 is 9.52. The Labute approximate surface area is 177 Å². The molecule has 3 aromatic carbocycles. The van der Waals surface area contributed by atoms with Gasteiger partial charge in [-0.15, -0.1) is 0 Å². The van der Waals surface area contributed by atoms with E-state index in [-0.39, 0.29) is 12.6 Å². The number of carbonyl (C=O) groups is 1. The van der Waals surface area contributed by atoms with Gasteiger partial charge in [-0.25, -0.2) is 4.79 Å². The normalized spacial score (nSPS) is 10.8. The number of esters is 1. The van der Waals surface area contributed by atoms with Crippen molar-refractivity contribution in [2.75, 3.05) is 0 Å². The van der Waals surface area contributed by atoms with Crippen LogP contribution >= 0.6 is 27.5 Å². The van der Waals surface area contributed by atoms with Crippen molar-refractivity contribution in [2.45, 2.75) is 13.2 Å². The van der Waals surface area contributed by atoms with Crippen LogP contribution in [0.1, 0.15) is 16.7 Å². The Kier molecular flexibility index (Phi) is 7.29. The van der Waals surface area contributed by atoms with Crippen LogP contribution in [0.15, 0.2) is 83.3 Å². The molecule has 3 rings (SSSR count). The number of halogens is 2. The monoisotopic (exact) mass is 456 g/mol. The number of ether oxygens (including phenoxy) is 2. The van der Waals surface area contributed by atoms with E-state index in [0.717, 1.165) is 26.9 Å². The maximum atomic E-state index is 11.9. The second-order valence-electron chi connectivity index (χ2n) is 6.02. The van der Waals surface area contributed by atoms with Gasteiger partial charge in [0.25, 0.3) is 0 Å². The summed E-state index contributed by atoms with van der Waals surface area (Å²) < 4.78 is 11.9. The third-order valence-corrected chi connectivity index (χ3v) is 4.78. The van der Waals surface area contributed by atoms with E-state index >= 15 is 0 Å². The van der Waals surface area contributed by atoms with Gasteiger partial charge < -0.3 is 9.47 Å². The highest BCUT2D eigenvalue weighted by atomic mass is 79.9. The molecule has 0 saturated heterocycles. The average Bonchev–Trinajstić information content (AvgIpc) is 2.71. The summed E-state index contributed by atoms with van der Waals surface area (Å²) in [4.78, 5) is 11.9. The lowest BCUT2D eigenvalue weighted by atomic mass is 10.2. The highest BCUT2D eigenvalue weighted by Gasteiger charge is 2.02. The Morgan fingerprint density at radius 2 is 1.75 bits per heavy atom. The van der Waals surface area contributed by atoms with Crippen molar-refractivity contribution in [3.05, 3.63) is 105 Å². The third kappa shape index (κ3) is 6.25. The Balaban J connectivity index is 1.49. The molecule has 0 amide bonds. The largest absolute Gasteiger partial charge is 0.489 e. The summed E-state index contributed by atoms with van der Waals surface area (Å²) in [5, 5.41) is 0.684. The summed E-state index contributed by atoms with van der Waals surface area (Å²) in [5.41, 5.74) is 2.74. The fourth-order valence-corrected chi connectivity index (χ4v) is 3.08. The number of rotatable bonds is 7. The second-order valence-corrected chi connectivity index (χ2v) is 7.34. The predicted molar refractivity (Wildman–Crippen MR) is 115 cm³/mol. The molecule has 142 valence electrons. The lowest BCUT2D eigenvalue weighted by Crippen LogP contribution is -2.00. The van der Waals surface area contributed by atoms with E-state index in [1.165, 1.54) is 6.08 Å². The van der Waals surface area contributed by atoms with E-state index in [9.17, 15) is 4.79 Å². The fourth-order valence-electron chi connectivity index (χ4n) is 2.45. The van der Waals surface area contributed by atoms with Crippen molar-refractivity contribution in [2.24, 2.45) is 0 Å². The number of hydrogen-bond donors (Lipinski definition) is 0. The van der Waals surface area contributed by atoms with Gasteiger partial charge in [-0.2, -0.15) is 0 Å². The summed E-state index contributed by atoms with van der Waals surface area (Å²) in [6.45, 7) is 0.633. The molecule has 3 aromatic rings. The highest BCUT2D eigenvalue weighted by molar-refractivity contribution is 9.10. The zero-order valence-electron chi connectivity index (χ0n) is 15.0. The van der Waals surface area contributed by atoms with Gasteiger partial charge in [0.1, 0.15) is 19.0 Å². The van der Waals surface area contributed by atoms with Gasteiger partial charge in [-0.3, -0.25) is 0 Å². The first-order valence-electron chi connectivity index (χ1n) is 8.66. The van der Waals surface area contributed by atoms with E-state index in [4.69, 9.17) is 21.1 Å². The number of carbonyl (C=O) groups excluding carboxylic acids is 1. The molecule has 0 aromatic heterocycles. The summed E-state index contributed by atoms with van der Waals surface area (Å²) in [6, 6.07) is 22.7. The van der Waals surface area contributed by atoms with Crippen molar-refractivity contribution in [1.29, 1.82) is 0 Å². The average molecular weight is 458 g/mol.